The molecule has 0 saturated carbocycles. The number of thioether (sulfide) groups is 1. The number of thiophene rings is 1. The van der Waals surface area contributed by atoms with Gasteiger partial charge in [-0.3, -0.25) is 19.2 Å². The van der Waals surface area contributed by atoms with Gasteiger partial charge in [-0.1, -0.05) is 54.6 Å². The van der Waals surface area contributed by atoms with Gasteiger partial charge in [-0.2, -0.15) is 5.26 Å². The number of nitriles is 1. The molecule has 50 heavy (non-hydrogen) atoms. The maximum absolute atomic E-state index is 13.5. The van der Waals surface area contributed by atoms with Crippen molar-refractivity contribution in [2.24, 2.45) is 0 Å². The standard InChI is InChI=1S/C38H31N5O5S2/c1-24-31(22-39)38(50-34(24)37(47)40-27-12-7-4-8-13-27)43-33(44)23-49-30-15-9-14-28(21-30)41-36(46)32(20-25-16-18-29(48-2)19-17-25)42-35(45)26-10-5-3-6-11-26/h3-21H,23H2,1-2H3,(H,40,47)(H,41,46)(H,42,45)(H,43,44)/b32-20+. The van der Waals surface area contributed by atoms with Gasteiger partial charge in [0.05, 0.1) is 23.3 Å². The van der Waals surface area contributed by atoms with E-state index in [0.717, 1.165) is 11.3 Å². The number of hydrogen-bond donors (Lipinski definition) is 4. The zero-order chi connectivity index (χ0) is 35.5. The van der Waals surface area contributed by atoms with Crippen molar-refractivity contribution >= 4 is 69.2 Å². The highest BCUT2D eigenvalue weighted by Crippen LogP contribution is 2.33. The summed E-state index contributed by atoms with van der Waals surface area (Å²) in [5.41, 5.74) is 2.87. The molecule has 0 radical (unpaired) electrons. The number of anilines is 3. The second kappa shape index (κ2) is 16.8. The minimum absolute atomic E-state index is 0.000512. The van der Waals surface area contributed by atoms with Gasteiger partial charge in [0.1, 0.15) is 22.5 Å². The molecule has 4 N–H and O–H groups in total. The summed E-state index contributed by atoms with van der Waals surface area (Å²) in [6.07, 6.45) is 1.57. The van der Waals surface area contributed by atoms with E-state index in [9.17, 15) is 24.4 Å². The zero-order valence-corrected chi connectivity index (χ0v) is 28.6. The lowest BCUT2D eigenvalue weighted by atomic mass is 10.1. The Hall–Kier alpha value is -6.16. The Balaban J connectivity index is 1.24. The Morgan fingerprint density at radius 2 is 1.50 bits per heavy atom. The summed E-state index contributed by atoms with van der Waals surface area (Å²) in [7, 11) is 1.56. The van der Waals surface area contributed by atoms with Crippen LogP contribution in [0.15, 0.2) is 120 Å². The highest BCUT2D eigenvalue weighted by molar-refractivity contribution is 8.00. The predicted octanol–water partition coefficient (Wildman–Crippen LogP) is 7.33. The van der Waals surface area contributed by atoms with Crippen LogP contribution in [0.1, 0.15) is 36.7 Å². The van der Waals surface area contributed by atoms with Gasteiger partial charge in [0.2, 0.25) is 5.91 Å². The number of ether oxygens (including phenoxy) is 1. The highest BCUT2D eigenvalue weighted by Gasteiger charge is 2.22. The van der Waals surface area contributed by atoms with Crippen molar-refractivity contribution in [3.05, 3.63) is 142 Å². The van der Waals surface area contributed by atoms with Crippen LogP contribution in [0.25, 0.3) is 6.08 Å². The maximum Gasteiger partial charge on any atom is 0.272 e. The molecule has 0 bridgehead atoms. The second-order valence-corrected chi connectivity index (χ2v) is 12.7. The minimum atomic E-state index is -0.547. The molecule has 0 aliphatic heterocycles. The SMILES string of the molecule is COc1ccc(/C=C(/NC(=O)c2ccccc2)C(=O)Nc2cccc(SCC(=O)Nc3sc(C(=O)Nc4ccccc4)c(C)c3C#N)c2)cc1. The molecule has 1 heterocycles. The topological polar surface area (TPSA) is 149 Å². The fourth-order valence-corrected chi connectivity index (χ4v) is 6.47. The Morgan fingerprint density at radius 3 is 2.18 bits per heavy atom. The van der Waals surface area contributed by atoms with E-state index < -0.39 is 11.8 Å². The van der Waals surface area contributed by atoms with Crippen molar-refractivity contribution < 1.29 is 23.9 Å². The first-order valence-corrected chi connectivity index (χ1v) is 17.0. The van der Waals surface area contributed by atoms with Gasteiger partial charge < -0.3 is 26.0 Å². The second-order valence-electron chi connectivity index (χ2n) is 10.7. The van der Waals surface area contributed by atoms with Crippen molar-refractivity contribution in [2.75, 3.05) is 28.8 Å². The summed E-state index contributed by atoms with van der Waals surface area (Å²) in [6.45, 7) is 1.67. The minimum Gasteiger partial charge on any atom is -0.497 e. The summed E-state index contributed by atoms with van der Waals surface area (Å²) in [5.74, 6) is -1.08. The summed E-state index contributed by atoms with van der Waals surface area (Å²) in [4.78, 5) is 53.4. The van der Waals surface area contributed by atoms with Gasteiger partial charge >= 0.3 is 0 Å². The van der Waals surface area contributed by atoms with Gasteiger partial charge in [0, 0.05) is 21.8 Å². The van der Waals surface area contributed by atoms with Gasteiger partial charge in [-0.05, 0) is 78.7 Å². The molecular formula is C38H31N5O5S2. The van der Waals surface area contributed by atoms with Gasteiger partial charge in [-0.25, -0.2) is 0 Å². The molecule has 0 atom stereocenters. The van der Waals surface area contributed by atoms with Gasteiger partial charge in [-0.15, -0.1) is 23.1 Å². The maximum atomic E-state index is 13.5. The third-order valence-electron chi connectivity index (χ3n) is 7.17. The fraction of sp³-hybridized carbons (Fsp3) is 0.0789. The summed E-state index contributed by atoms with van der Waals surface area (Å²) in [5, 5.41) is 21.2. The number of benzene rings is 4. The first-order valence-electron chi connectivity index (χ1n) is 15.2. The number of carbonyl (C=O) groups excluding carboxylic acids is 4. The number of hydrogen-bond acceptors (Lipinski definition) is 8. The predicted molar refractivity (Wildman–Crippen MR) is 197 cm³/mol. The molecule has 0 aliphatic rings. The van der Waals surface area contributed by atoms with Crippen molar-refractivity contribution in [1.82, 2.24) is 5.32 Å². The van der Waals surface area contributed by atoms with Crippen LogP contribution >= 0.6 is 23.1 Å². The third-order valence-corrected chi connectivity index (χ3v) is 9.37. The molecule has 4 amide bonds. The molecule has 4 aromatic carbocycles. The van der Waals surface area contributed by atoms with E-state index in [2.05, 4.69) is 27.3 Å². The van der Waals surface area contributed by atoms with E-state index in [-0.39, 0.29) is 28.8 Å². The number of para-hydroxylation sites is 1. The highest BCUT2D eigenvalue weighted by atomic mass is 32.2. The average Bonchev–Trinajstić information content (AvgIpc) is 3.45. The molecular weight excluding hydrogens is 671 g/mol. The molecule has 5 aromatic rings. The number of carbonyl (C=O) groups is 4. The lowest BCUT2D eigenvalue weighted by molar-refractivity contribution is -0.114. The molecule has 250 valence electrons. The molecule has 0 aliphatic carbocycles. The Bertz CT molecular complexity index is 2090. The van der Waals surface area contributed by atoms with Crippen LogP contribution in [0.5, 0.6) is 5.75 Å². The molecule has 0 fully saturated rings. The van der Waals surface area contributed by atoms with Gasteiger partial charge in [0.15, 0.2) is 0 Å². The first kappa shape index (κ1) is 35.2. The average molecular weight is 702 g/mol. The lowest BCUT2D eigenvalue weighted by Gasteiger charge is -2.12. The number of nitrogens with one attached hydrogen (secondary N) is 4. The van der Waals surface area contributed by atoms with E-state index >= 15 is 0 Å². The van der Waals surface area contributed by atoms with Crippen LogP contribution < -0.4 is 26.0 Å². The van der Waals surface area contributed by atoms with Crippen molar-refractivity contribution in [3.8, 4) is 11.8 Å². The van der Waals surface area contributed by atoms with Crippen molar-refractivity contribution in [2.45, 2.75) is 11.8 Å². The summed E-state index contributed by atoms with van der Waals surface area (Å²) in [6, 6.07) is 33.6. The van der Waals surface area contributed by atoms with Crippen LogP contribution in [0.4, 0.5) is 16.4 Å². The lowest BCUT2D eigenvalue weighted by Crippen LogP contribution is -2.30. The van der Waals surface area contributed by atoms with Crippen molar-refractivity contribution in [1.29, 1.82) is 5.26 Å². The molecule has 1 aromatic heterocycles. The summed E-state index contributed by atoms with van der Waals surface area (Å²) < 4.78 is 5.22. The smallest absolute Gasteiger partial charge is 0.272 e. The molecule has 0 spiro atoms. The van der Waals surface area contributed by atoms with Crippen LogP contribution in [0, 0.1) is 18.3 Å². The van der Waals surface area contributed by atoms with Gasteiger partial charge in [0.25, 0.3) is 17.7 Å². The van der Waals surface area contributed by atoms with Crippen molar-refractivity contribution in [3.63, 3.8) is 0 Å². The van der Waals surface area contributed by atoms with E-state index in [1.165, 1.54) is 11.8 Å². The number of methoxy groups -OCH3 is 1. The number of nitrogens with zero attached hydrogens (tertiary/aromatic N) is 1. The quantitative estimate of drug-likeness (QED) is 0.0786. The molecule has 5 rings (SSSR count). The van der Waals surface area contributed by atoms with Crippen LogP contribution in [0.3, 0.4) is 0 Å². The zero-order valence-electron chi connectivity index (χ0n) is 27.0. The normalized spacial score (nSPS) is 10.8. The molecule has 12 heteroatoms. The van der Waals surface area contributed by atoms with E-state index in [1.807, 2.05) is 6.07 Å². The van der Waals surface area contributed by atoms with Crippen LogP contribution in [-0.4, -0.2) is 36.5 Å². The third kappa shape index (κ3) is 9.25. The summed E-state index contributed by atoms with van der Waals surface area (Å²) >= 11 is 2.27. The monoisotopic (exact) mass is 701 g/mol. The molecule has 0 saturated heterocycles. The number of rotatable bonds is 12. The largest absolute Gasteiger partial charge is 0.497 e. The fourth-order valence-electron chi connectivity index (χ4n) is 4.64. The Labute approximate surface area is 297 Å². The molecule has 0 unspecified atom stereocenters. The van der Waals surface area contributed by atoms with E-state index in [0.29, 0.717) is 48.6 Å². The van der Waals surface area contributed by atoms with E-state index in [1.54, 1.807) is 123 Å². The first-order chi connectivity index (χ1) is 24.2. The molecule has 10 nitrogen and oxygen atoms in total. The Kier molecular flexibility index (Phi) is 11.8. The van der Waals surface area contributed by atoms with E-state index in [4.69, 9.17) is 4.74 Å². The number of amides is 4. The Morgan fingerprint density at radius 1 is 0.820 bits per heavy atom. The van der Waals surface area contributed by atoms with Crippen LogP contribution in [-0.2, 0) is 9.59 Å². The van der Waals surface area contributed by atoms with Crippen LogP contribution in [0.2, 0.25) is 0 Å².